The molecule has 0 spiro atoms. The molecule has 0 unspecified atom stereocenters. The van der Waals surface area contributed by atoms with E-state index < -0.39 is 0 Å². The van der Waals surface area contributed by atoms with Crippen LogP contribution in [0.3, 0.4) is 0 Å². The zero-order valence-electron chi connectivity index (χ0n) is 5.62. The Kier molecular flexibility index (Phi) is 2.36. The predicted molar refractivity (Wildman–Crippen MR) is 38.1 cm³/mol. The summed E-state index contributed by atoms with van der Waals surface area (Å²) >= 11 is 0. The molecule has 0 saturated heterocycles. The Morgan fingerprint density at radius 2 is 2.40 bits per heavy atom. The minimum Gasteiger partial charge on any atom is -0.392 e. The van der Waals surface area contributed by atoms with E-state index in [9.17, 15) is 0 Å². The second-order valence-corrected chi connectivity index (χ2v) is 2.02. The maximum Gasteiger partial charge on any atom is 0.0683 e. The number of nitrogens with zero attached hydrogens (tertiary/aromatic N) is 1. The second kappa shape index (κ2) is 3.29. The first-order valence-corrected chi connectivity index (χ1v) is 3.11. The van der Waals surface area contributed by atoms with Gasteiger partial charge in [-0.1, -0.05) is 0 Å². The lowest BCUT2D eigenvalue weighted by molar-refractivity contribution is 0.281. The largest absolute Gasteiger partial charge is 0.392 e. The van der Waals surface area contributed by atoms with Gasteiger partial charge in [0.1, 0.15) is 0 Å². The predicted octanol–water partition coefficient (Wildman–Crippen LogP) is 0.0326. The smallest absolute Gasteiger partial charge is 0.0683 e. The SMILES string of the molecule is NCc1cc(CO)ccn1. The van der Waals surface area contributed by atoms with Gasteiger partial charge in [-0.25, -0.2) is 0 Å². The van der Waals surface area contributed by atoms with Crippen molar-refractivity contribution in [3.63, 3.8) is 0 Å². The maximum absolute atomic E-state index is 8.69. The van der Waals surface area contributed by atoms with Gasteiger partial charge in [-0.2, -0.15) is 0 Å². The summed E-state index contributed by atoms with van der Waals surface area (Å²) in [6.45, 7) is 0.476. The van der Waals surface area contributed by atoms with E-state index in [2.05, 4.69) is 4.98 Å². The molecule has 10 heavy (non-hydrogen) atoms. The van der Waals surface area contributed by atoms with Crippen molar-refractivity contribution in [2.24, 2.45) is 5.73 Å². The fourth-order valence-corrected chi connectivity index (χ4v) is 0.738. The van der Waals surface area contributed by atoms with Gasteiger partial charge in [0.05, 0.1) is 12.3 Å². The first-order chi connectivity index (χ1) is 4.86. The molecular weight excluding hydrogens is 128 g/mol. The lowest BCUT2D eigenvalue weighted by Crippen LogP contribution is -1.99. The third-order valence-electron chi connectivity index (χ3n) is 1.27. The lowest BCUT2D eigenvalue weighted by Gasteiger charge is -1.97. The Bertz CT molecular complexity index is 193. The van der Waals surface area contributed by atoms with Crippen molar-refractivity contribution in [2.75, 3.05) is 0 Å². The molecule has 0 aromatic carbocycles. The monoisotopic (exact) mass is 138 g/mol. The van der Waals surface area contributed by atoms with E-state index in [0.717, 1.165) is 11.3 Å². The highest BCUT2D eigenvalue weighted by molar-refractivity contribution is 5.14. The topological polar surface area (TPSA) is 59.1 Å². The molecule has 1 heterocycles. The van der Waals surface area contributed by atoms with Crippen molar-refractivity contribution < 1.29 is 5.11 Å². The van der Waals surface area contributed by atoms with Crippen LogP contribution in [-0.4, -0.2) is 10.1 Å². The normalized spacial score (nSPS) is 9.80. The van der Waals surface area contributed by atoms with Crippen LogP contribution in [0, 0.1) is 0 Å². The van der Waals surface area contributed by atoms with Gasteiger partial charge in [-0.05, 0) is 17.7 Å². The summed E-state index contributed by atoms with van der Waals surface area (Å²) in [5, 5.41) is 8.69. The molecule has 0 amide bonds. The van der Waals surface area contributed by atoms with Crippen LogP contribution in [0.4, 0.5) is 0 Å². The van der Waals surface area contributed by atoms with E-state index in [0.29, 0.717) is 6.54 Å². The zero-order chi connectivity index (χ0) is 7.40. The fraction of sp³-hybridized carbons (Fsp3) is 0.286. The van der Waals surface area contributed by atoms with Crippen molar-refractivity contribution >= 4 is 0 Å². The molecule has 0 aliphatic heterocycles. The van der Waals surface area contributed by atoms with Crippen molar-refractivity contribution in [2.45, 2.75) is 13.2 Å². The Morgan fingerprint density at radius 3 is 3.00 bits per heavy atom. The molecule has 0 fully saturated rings. The molecule has 3 nitrogen and oxygen atoms in total. The van der Waals surface area contributed by atoms with E-state index in [1.165, 1.54) is 0 Å². The van der Waals surface area contributed by atoms with E-state index >= 15 is 0 Å². The summed E-state index contributed by atoms with van der Waals surface area (Å²) in [6.07, 6.45) is 1.65. The second-order valence-electron chi connectivity index (χ2n) is 2.02. The number of pyridine rings is 1. The maximum atomic E-state index is 8.69. The summed E-state index contributed by atoms with van der Waals surface area (Å²) in [6, 6.07) is 3.55. The number of aliphatic hydroxyl groups excluding tert-OH is 1. The molecule has 54 valence electrons. The van der Waals surface area contributed by atoms with E-state index in [4.69, 9.17) is 10.8 Å². The number of nitrogens with two attached hydrogens (primary N) is 1. The number of hydrogen-bond acceptors (Lipinski definition) is 3. The summed E-state index contributed by atoms with van der Waals surface area (Å²) in [5.41, 5.74) is 7.00. The molecule has 0 radical (unpaired) electrons. The molecule has 0 saturated carbocycles. The summed E-state index contributed by atoms with van der Waals surface area (Å²) in [4.78, 5) is 3.97. The Morgan fingerprint density at radius 1 is 1.60 bits per heavy atom. The average molecular weight is 138 g/mol. The molecule has 0 aliphatic carbocycles. The third-order valence-corrected chi connectivity index (χ3v) is 1.27. The molecular formula is C7H10N2O. The van der Waals surface area contributed by atoms with Crippen LogP contribution in [0.1, 0.15) is 11.3 Å². The van der Waals surface area contributed by atoms with Gasteiger partial charge >= 0.3 is 0 Å². The van der Waals surface area contributed by atoms with Gasteiger partial charge in [0, 0.05) is 12.7 Å². The molecule has 1 rings (SSSR count). The molecule has 3 N–H and O–H groups in total. The first-order valence-electron chi connectivity index (χ1n) is 3.11. The van der Waals surface area contributed by atoms with Crippen LogP contribution >= 0.6 is 0 Å². The van der Waals surface area contributed by atoms with Crippen LogP contribution in [0.15, 0.2) is 18.3 Å². The Hall–Kier alpha value is -0.930. The van der Waals surface area contributed by atoms with Gasteiger partial charge in [-0.3, -0.25) is 4.98 Å². The fourth-order valence-electron chi connectivity index (χ4n) is 0.738. The molecule has 0 bridgehead atoms. The van der Waals surface area contributed by atoms with E-state index in [-0.39, 0.29) is 6.61 Å². The van der Waals surface area contributed by atoms with Gasteiger partial charge in [-0.15, -0.1) is 0 Å². The summed E-state index contributed by atoms with van der Waals surface area (Å²) in [7, 11) is 0. The number of aliphatic hydroxyl groups is 1. The summed E-state index contributed by atoms with van der Waals surface area (Å²) in [5.74, 6) is 0. The Balaban J connectivity index is 2.87. The molecule has 1 aromatic heterocycles. The third kappa shape index (κ3) is 1.52. The quantitative estimate of drug-likeness (QED) is 0.606. The number of hydrogen-bond donors (Lipinski definition) is 2. The summed E-state index contributed by atoms with van der Waals surface area (Å²) < 4.78 is 0. The Labute approximate surface area is 59.5 Å². The first kappa shape index (κ1) is 7.18. The molecule has 0 atom stereocenters. The minimum absolute atomic E-state index is 0.0511. The highest BCUT2D eigenvalue weighted by Crippen LogP contribution is 1.99. The van der Waals surface area contributed by atoms with Gasteiger partial charge in [0.15, 0.2) is 0 Å². The zero-order valence-corrected chi connectivity index (χ0v) is 5.62. The van der Waals surface area contributed by atoms with Crippen LogP contribution in [0.5, 0.6) is 0 Å². The van der Waals surface area contributed by atoms with Crippen LogP contribution in [-0.2, 0) is 13.2 Å². The number of aromatic nitrogens is 1. The molecule has 0 aliphatic rings. The van der Waals surface area contributed by atoms with E-state index in [1.54, 1.807) is 18.3 Å². The highest BCUT2D eigenvalue weighted by atomic mass is 16.3. The van der Waals surface area contributed by atoms with Gasteiger partial charge in [0.2, 0.25) is 0 Å². The van der Waals surface area contributed by atoms with Gasteiger partial charge < -0.3 is 10.8 Å². The standard InChI is InChI=1S/C7H10N2O/c8-4-7-3-6(5-10)1-2-9-7/h1-3,10H,4-5,8H2. The minimum atomic E-state index is 0.0511. The molecule has 1 aromatic rings. The van der Waals surface area contributed by atoms with Crippen molar-refractivity contribution in [3.05, 3.63) is 29.6 Å². The van der Waals surface area contributed by atoms with Crippen LogP contribution in [0.2, 0.25) is 0 Å². The van der Waals surface area contributed by atoms with Crippen molar-refractivity contribution in [1.29, 1.82) is 0 Å². The van der Waals surface area contributed by atoms with Crippen LogP contribution < -0.4 is 5.73 Å². The van der Waals surface area contributed by atoms with E-state index in [1.807, 2.05) is 0 Å². The van der Waals surface area contributed by atoms with Gasteiger partial charge in [0.25, 0.3) is 0 Å². The van der Waals surface area contributed by atoms with Crippen molar-refractivity contribution in [3.8, 4) is 0 Å². The number of rotatable bonds is 2. The van der Waals surface area contributed by atoms with Crippen LogP contribution in [0.25, 0.3) is 0 Å². The van der Waals surface area contributed by atoms with Crippen molar-refractivity contribution in [1.82, 2.24) is 4.98 Å². The highest BCUT2D eigenvalue weighted by Gasteiger charge is 1.91. The average Bonchev–Trinajstić information content (AvgIpc) is 2.05. The molecule has 3 heteroatoms. The lowest BCUT2D eigenvalue weighted by atomic mass is 10.2.